The van der Waals surface area contributed by atoms with E-state index >= 15 is 0 Å². The van der Waals surface area contributed by atoms with Crippen LogP contribution < -0.4 is 5.32 Å². The Morgan fingerprint density at radius 1 is 1.19 bits per heavy atom. The molecule has 0 bridgehead atoms. The summed E-state index contributed by atoms with van der Waals surface area (Å²) in [5, 5.41) is 11.6. The largest absolute Gasteiger partial charge is 0.481 e. The molecule has 1 rings (SSSR count). The summed E-state index contributed by atoms with van der Waals surface area (Å²) >= 11 is 0. The molecule has 0 aliphatic rings. The van der Waals surface area contributed by atoms with Gasteiger partial charge in [0.05, 0.1) is 6.42 Å². The van der Waals surface area contributed by atoms with E-state index in [1.807, 2.05) is 52.8 Å². The van der Waals surface area contributed by atoms with Crippen LogP contribution in [0.1, 0.15) is 38.3 Å². The highest BCUT2D eigenvalue weighted by Gasteiger charge is 2.26. The van der Waals surface area contributed by atoms with E-state index in [1.165, 1.54) is 4.90 Å². The summed E-state index contributed by atoms with van der Waals surface area (Å²) in [4.78, 5) is 24.7. The number of amides is 2. The van der Waals surface area contributed by atoms with Crippen LogP contribution in [-0.2, 0) is 4.79 Å². The van der Waals surface area contributed by atoms with Crippen LogP contribution in [0.4, 0.5) is 10.5 Å². The normalized spacial score (nSPS) is 11.1. The zero-order valence-corrected chi connectivity index (χ0v) is 13.4. The number of carbonyl (C=O) groups excluding carboxylic acids is 1. The van der Waals surface area contributed by atoms with E-state index in [-0.39, 0.29) is 19.0 Å². The summed E-state index contributed by atoms with van der Waals surface area (Å²) in [6.45, 7) is 9.82. The lowest BCUT2D eigenvalue weighted by Crippen LogP contribution is -2.48. The predicted molar refractivity (Wildman–Crippen MR) is 83.6 cm³/mol. The molecule has 2 amide bonds. The van der Waals surface area contributed by atoms with Gasteiger partial charge in [-0.25, -0.2) is 4.79 Å². The van der Waals surface area contributed by atoms with Crippen molar-refractivity contribution in [2.24, 2.45) is 0 Å². The number of aliphatic carboxylic acids is 1. The number of carbonyl (C=O) groups is 2. The minimum absolute atomic E-state index is 0.0718. The summed E-state index contributed by atoms with van der Waals surface area (Å²) < 4.78 is 0. The molecule has 0 saturated carbocycles. The Kier molecular flexibility index (Phi) is 5.35. The number of hydrogen-bond acceptors (Lipinski definition) is 2. The second kappa shape index (κ2) is 6.61. The van der Waals surface area contributed by atoms with Crippen molar-refractivity contribution in [2.75, 3.05) is 11.9 Å². The molecule has 0 spiro atoms. The first-order valence-electron chi connectivity index (χ1n) is 6.99. The smallest absolute Gasteiger partial charge is 0.322 e. The van der Waals surface area contributed by atoms with Crippen LogP contribution in [0.25, 0.3) is 0 Å². The zero-order valence-electron chi connectivity index (χ0n) is 13.4. The van der Waals surface area contributed by atoms with Gasteiger partial charge in [-0.05, 0) is 57.9 Å². The van der Waals surface area contributed by atoms with Gasteiger partial charge < -0.3 is 15.3 Å². The maximum absolute atomic E-state index is 12.4. The third-order valence-corrected chi connectivity index (χ3v) is 3.36. The molecular weight excluding hydrogens is 268 g/mol. The molecule has 0 heterocycles. The summed E-state index contributed by atoms with van der Waals surface area (Å²) in [5.41, 5.74) is 2.53. The molecule has 5 nitrogen and oxygen atoms in total. The first kappa shape index (κ1) is 17.0. The summed E-state index contributed by atoms with van der Waals surface area (Å²) in [6, 6.07) is 5.42. The highest BCUT2D eigenvalue weighted by atomic mass is 16.4. The molecule has 0 fully saturated rings. The van der Waals surface area contributed by atoms with Gasteiger partial charge in [-0.3, -0.25) is 4.79 Å². The van der Waals surface area contributed by atoms with Crippen molar-refractivity contribution in [3.05, 3.63) is 29.3 Å². The second-order valence-electron chi connectivity index (χ2n) is 6.20. The van der Waals surface area contributed by atoms with E-state index in [2.05, 4.69) is 5.32 Å². The van der Waals surface area contributed by atoms with Crippen LogP contribution in [0.3, 0.4) is 0 Å². The molecule has 21 heavy (non-hydrogen) atoms. The number of benzene rings is 1. The van der Waals surface area contributed by atoms with Crippen LogP contribution >= 0.6 is 0 Å². The number of nitrogens with zero attached hydrogens (tertiary/aromatic N) is 1. The minimum Gasteiger partial charge on any atom is -0.481 e. The first-order valence-corrected chi connectivity index (χ1v) is 6.99. The Labute approximate surface area is 126 Å². The van der Waals surface area contributed by atoms with Crippen LogP contribution in [-0.4, -0.2) is 34.1 Å². The van der Waals surface area contributed by atoms with E-state index in [0.717, 1.165) is 11.1 Å². The van der Waals surface area contributed by atoms with Crippen LogP contribution in [0, 0.1) is 13.8 Å². The average Bonchev–Trinajstić information content (AvgIpc) is 2.32. The Bertz CT molecular complexity index is 533. The van der Waals surface area contributed by atoms with E-state index in [1.54, 1.807) is 0 Å². The highest BCUT2D eigenvalue weighted by Crippen LogP contribution is 2.18. The molecule has 0 aromatic heterocycles. The zero-order chi connectivity index (χ0) is 16.2. The molecule has 5 heteroatoms. The number of rotatable bonds is 4. The third kappa shape index (κ3) is 5.10. The number of carboxylic acids is 1. The summed E-state index contributed by atoms with van der Waals surface area (Å²) in [6.07, 6.45) is -0.0718. The standard InChI is InChI=1S/C16H24N2O3/c1-11-6-7-13(10-12(11)2)17-15(21)18(16(3,4)5)9-8-14(19)20/h6-7,10H,8-9H2,1-5H3,(H,17,21)(H,19,20). The number of carboxylic acid groups (broad SMARTS) is 1. The van der Waals surface area contributed by atoms with Crippen molar-refractivity contribution in [2.45, 2.75) is 46.6 Å². The van der Waals surface area contributed by atoms with Crippen molar-refractivity contribution < 1.29 is 14.7 Å². The molecule has 0 unspecified atom stereocenters. The lowest BCUT2D eigenvalue weighted by molar-refractivity contribution is -0.137. The molecule has 0 aliphatic carbocycles. The molecule has 116 valence electrons. The number of anilines is 1. The second-order valence-corrected chi connectivity index (χ2v) is 6.20. The van der Waals surface area contributed by atoms with Crippen molar-refractivity contribution in [3.8, 4) is 0 Å². The Morgan fingerprint density at radius 2 is 1.81 bits per heavy atom. The van der Waals surface area contributed by atoms with Gasteiger partial charge in [0.1, 0.15) is 0 Å². The van der Waals surface area contributed by atoms with Gasteiger partial charge in [0.2, 0.25) is 0 Å². The molecule has 0 aliphatic heterocycles. The van der Waals surface area contributed by atoms with Gasteiger partial charge in [0, 0.05) is 17.8 Å². The SMILES string of the molecule is Cc1ccc(NC(=O)N(CCC(=O)O)C(C)(C)C)cc1C. The van der Waals surface area contributed by atoms with Gasteiger partial charge in [0.15, 0.2) is 0 Å². The first-order chi connectivity index (χ1) is 9.61. The molecule has 1 aromatic rings. The van der Waals surface area contributed by atoms with Crippen molar-refractivity contribution in [1.82, 2.24) is 4.90 Å². The fraction of sp³-hybridized carbons (Fsp3) is 0.500. The van der Waals surface area contributed by atoms with Crippen LogP contribution in [0.2, 0.25) is 0 Å². The lowest BCUT2D eigenvalue weighted by Gasteiger charge is -2.35. The Hall–Kier alpha value is -2.04. The molecule has 0 radical (unpaired) electrons. The van der Waals surface area contributed by atoms with E-state index in [9.17, 15) is 9.59 Å². The highest BCUT2D eigenvalue weighted by molar-refractivity contribution is 5.90. The third-order valence-electron chi connectivity index (χ3n) is 3.36. The van der Waals surface area contributed by atoms with E-state index in [0.29, 0.717) is 5.69 Å². The topological polar surface area (TPSA) is 69.6 Å². The van der Waals surface area contributed by atoms with Gasteiger partial charge >= 0.3 is 12.0 Å². The molecule has 0 atom stereocenters. The molecule has 0 saturated heterocycles. The van der Waals surface area contributed by atoms with Crippen molar-refractivity contribution in [1.29, 1.82) is 0 Å². The number of aryl methyl sites for hydroxylation is 2. The van der Waals surface area contributed by atoms with Crippen LogP contribution in [0.5, 0.6) is 0 Å². The van der Waals surface area contributed by atoms with Gasteiger partial charge in [-0.2, -0.15) is 0 Å². The van der Waals surface area contributed by atoms with Gasteiger partial charge in [-0.15, -0.1) is 0 Å². The average molecular weight is 292 g/mol. The fourth-order valence-electron chi connectivity index (χ4n) is 1.96. The maximum Gasteiger partial charge on any atom is 0.322 e. The van der Waals surface area contributed by atoms with Gasteiger partial charge in [-0.1, -0.05) is 6.07 Å². The van der Waals surface area contributed by atoms with Crippen molar-refractivity contribution >= 4 is 17.7 Å². The quantitative estimate of drug-likeness (QED) is 0.893. The molecule has 2 N–H and O–H groups in total. The van der Waals surface area contributed by atoms with Gasteiger partial charge in [0.25, 0.3) is 0 Å². The van der Waals surface area contributed by atoms with Crippen LogP contribution in [0.15, 0.2) is 18.2 Å². The predicted octanol–water partition coefficient (Wildman–Crippen LogP) is 3.41. The van der Waals surface area contributed by atoms with E-state index in [4.69, 9.17) is 5.11 Å². The maximum atomic E-state index is 12.4. The number of urea groups is 1. The minimum atomic E-state index is -0.914. The Balaban J connectivity index is 2.85. The fourth-order valence-corrected chi connectivity index (χ4v) is 1.96. The van der Waals surface area contributed by atoms with Crippen molar-refractivity contribution in [3.63, 3.8) is 0 Å². The Morgan fingerprint density at radius 3 is 2.29 bits per heavy atom. The van der Waals surface area contributed by atoms with E-state index < -0.39 is 11.5 Å². The number of nitrogens with one attached hydrogen (secondary N) is 1. The monoisotopic (exact) mass is 292 g/mol. The molecular formula is C16H24N2O3. The summed E-state index contributed by atoms with van der Waals surface area (Å²) in [7, 11) is 0. The molecule has 1 aromatic carbocycles. The number of hydrogen-bond donors (Lipinski definition) is 2. The lowest BCUT2D eigenvalue weighted by atomic mass is 10.1. The summed E-state index contributed by atoms with van der Waals surface area (Å²) in [5.74, 6) is -0.914.